The Hall–Kier alpha value is -1.31. The first-order valence-electron chi connectivity index (χ1n) is 5.69. The number of ketones is 1. The zero-order chi connectivity index (χ0) is 12.9. The zero-order valence-electron chi connectivity index (χ0n) is 9.76. The summed E-state index contributed by atoms with van der Waals surface area (Å²) in [6.07, 6.45) is 0.736. The van der Waals surface area contributed by atoms with E-state index in [4.69, 9.17) is 23.2 Å². The molecule has 0 atom stereocenters. The number of hydrogen-bond donors (Lipinski definition) is 0. The molecule has 3 heteroatoms. The van der Waals surface area contributed by atoms with Crippen LogP contribution in [0.15, 0.2) is 30.3 Å². The third kappa shape index (κ3) is 1.58. The molecule has 0 unspecified atom stereocenters. The third-order valence-corrected chi connectivity index (χ3v) is 4.19. The van der Waals surface area contributed by atoms with Crippen LogP contribution in [0.5, 0.6) is 0 Å². The molecule has 1 aliphatic carbocycles. The average Bonchev–Trinajstić information content (AvgIpc) is 2.36. The van der Waals surface area contributed by atoms with Crippen LogP contribution in [-0.4, -0.2) is 5.78 Å². The van der Waals surface area contributed by atoms with Crippen LogP contribution in [0.1, 0.15) is 32.6 Å². The summed E-state index contributed by atoms with van der Waals surface area (Å²) in [6.45, 7) is 1.96. The van der Waals surface area contributed by atoms with Crippen LogP contribution in [0.2, 0.25) is 10.0 Å². The molecule has 90 valence electrons. The van der Waals surface area contributed by atoms with E-state index in [0.717, 1.165) is 28.7 Å². The maximum absolute atomic E-state index is 12.5. The highest BCUT2D eigenvalue weighted by molar-refractivity contribution is 6.44. The van der Waals surface area contributed by atoms with Crippen LogP contribution < -0.4 is 0 Å². The Bertz CT molecular complexity index is 674. The Morgan fingerprint density at radius 3 is 2.67 bits per heavy atom. The molecule has 2 aromatic rings. The Morgan fingerprint density at radius 1 is 1.17 bits per heavy atom. The molecule has 0 bridgehead atoms. The first-order chi connectivity index (χ1) is 8.59. The molecule has 0 heterocycles. The number of rotatable bonds is 0. The first kappa shape index (κ1) is 11.8. The van der Waals surface area contributed by atoms with Gasteiger partial charge < -0.3 is 0 Å². The maximum Gasteiger partial charge on any atom is 0.195 e. The van der Waals surface area contributed by atoms with E-state index in [1.165, 1.54) is 0 Å². The molecular weight excluding hydrogens is 267 g/mol. The van der Waals surface area contributed by atoms with Crippen molar-refractivity contribution in [3.63, 3.8) is 0 Å². The lowest BCUT2D eigenvalue weighted by atomic mass is 9.83. The summed E-state index contributed by atoms with van der Waals surface area (Å²) in [5.41, 5.74) is 4.36. The minimum absolute atomic E-state index is 0.0255. The van der Waals surface area contributed by atoms with Gasteiger partial charge in [0, 0.05) is 11.1 Å². The van der Waals surface area contributed by atoms with E-state index in [2.05, 4.69) is 0 Å². The largest absolute Gasteiger partial charge is 0.289 e. The molecule has 0 aromatic heterocycles. The number of carbonyl (C=O) groups is 1. The monoisotopic (exact) mass is 276 g/mol. The van der Waals surface area contributed by atoms with E-state index in [1.54, 1.807) is 0 Å². The van der Waals surface area contributed by atoms with Crippen LogP contribution in [0.3, 0.4) is 0 Å². The lowest BCUT2D eigenvalue weighted by molar-refractivity contribution is 0.103. The van der Waals surface area contributed by atoms with Crippen LogP contribution in [0, 0.1) is 6.92 Å². The van der Waals surface area contributed by atoms with Crippen molar-refractivity contribution in [1.29, 1.82) is 0 Å². The van der Waals surface area contributed by atoms with Crippen molar-refractivity contribution in [2.45, 2.75) is 13.3 Å². The van der Waals surface area contributed by atoms with E-state index in [0.29, 0.717) is 15.6 Å². The molecule has 18 heavy (non-hydrogen) atoms. The second-order valence-corrected chi connectivity index (χ2v) is 5.29. The van der Waals surface area contributed by atoms with Crippen molar-refractivity contribution in [3.8, 4) is 0 Å². The summed E-state index contributed by atoms with van der Waals surface area (Å²) >= 11 is 12.3. The normalized spacial score (nSPS) is 13.2. The Kier molecular flexibility index (Phi) is 2.69. The molecule has 1 aliphatic rings. The van der Waals surface area contributed by atoms with Gasteiger partial charge in [-0.2, -0.15) is 0 Å². The summed E-state index contributed by atoms with van der Waals surface area (Å²) < 4.78 is 0. The lowest BCUT2D eigenvalue weighted by Gasteiger charge is -2.21. The minimum atomic E-state index is -0.0255. The summed E-state index contributed by atoms with van der Waals surface area (Å²) in [7, 11) is 0. The van der Waals surface area contributed by atoms with Crippen molar-refractivity contribution in [3.05, 3.63) is 68.2 Å². The van der Waals surface area contributed by atoms with E-state index in [-0.39, 0.29) is 5.78 Å². The summed E-state index contributed by atoms with van der Waals surface area (Å²) in [4.78, 5) is 12.5. The van der Waals surface area contributed by atoms with Gasteiger partial charge in [0.15, 0.2) is 5.78 Å². The second-order valence-electron chi connectivity index (χ2n) is 4.51. The van der Waals surface area contributed by atoms with Crippen molar-refractivity contribution in [2.24, 2.45) is 0 Å². The molecule has 0 N–H and O–H groups in total. The van der Waals surface area contributed by atoms with Gasteiger partial charge in [-0.25, -0.2) is 0 Å². The standard InChI is InChI=1S/C15H10Cl2O/c1-8-6-12(16)14(17)13-11(8)7-9-4-2-3-5-10(9)15(13)18/h2-6H,7H2,1H3. The van der Waals surface area contributed by atoms with Crippen molar-refractivity contribution in [1.82, 2.24) is 0 Å². The molecular formula is C15H10Cl2O. The molecule has 0 aliphatic heterocycles. The fourth-order valence-corrected chi connectivity index (χ4v) is 2.99. The van der Waals surface area contributed by atoms with Gasteiger partial charge >= 0.3 is 0 Å². The Balaban J connectivity index is 2.32. The topological polar surface area (TPSA) is 17.1 Å². The highest BCUT2D eigenvalue weighted by Crippen LogP contribution is 2.37. The quantitative estimate of drug-likeness (QED) is 0.593. The number of carbonyl (C=O) groups excluding carboxylic acids is 1. The zero-order valence-corrected chi connectivity index (χ0v) is 11.3. The summed E-state index contributed by atoms with van der Waals surface area (Å²) in [5, 5.41) is 0.817. The van der Waals surface area contributed by atoms with Crippen molar-refractivity contribution < 1.29 is 4.79 Å². The molecule has 1 nitrogen and oxygen atoms in total. The van der Waals surface area contributed by atoms with Crippen LogP contribution in [-0.2, 0) is 6.42 Å². The molecule has 0 fully saturated rings. The second kappa shape index (κ2) is 4.11. The van der Waals surface area contributed by atoms with Gasteiger partial charge in [-0.3, -0.25) is 4.79 Å². The van der Waals surface area contributed by atoms with Gasteiger partial charge in [0.05, 0.1) is 10.0 Å². The number of fused-ring (bicyclic) bond motifs is 2. The molecule has 2 aromatic carbocycles. The van der Waals surface area contributed by atoms with Gasteiger partial charge in [-0.05, 0) is 36.1 Å². The molecule has 0 saturated carbocycles. The third-order valence-electron chi connectivity index (χ3n) is 3.41. The van der Waals surface area contributed by atoms with E-state index < -0.39 is 0 Å². The summed E-state index contributed by atoms with van der Waals surface area (Å²) in [6, 6.07) is 9.46. The predicted molar refractivity (Wildman–Crippen MR) is 73.9 cm³/mol. The van der Waals surface area contributed by atoms with E-state index >= 15 is 0 Å². The van der Waals surface area contributed by atoms with E-state index in [1.807, 2.05) is 37.3 Å². The lowest BCUT2D eigenvalue weighted by Crippen LogP contribution is -2.17. The fourth-order valence-electron chi connectivity index (χ4n) is 2.48. The van der Waals surface area contributed by atoms with Crippen LogP contribution >= 0.6 is 23.2 Å². The van der Waals surface area contributed by atoms with Gasteiger partial charge in [0.2, 0.25) is 0 Å². The summed E-state index contributed by atoms with van der Waals surface area (Å²) in [5.74, 6) is -0.0255. The van der Waals surface area contributed by atoms with Crippen molar-refractivity contribution >= 4 is 29.0 Å². The Morgan fingerprint density at radius 2 is 1.89 bits per heavy atom. The number of aryl methyl sites for hydroxylation is 1. The number of halogens is 2. The van der Waals surface area contributed by atoms with Crippen molar-refractivity contribution in [2.75, 3.05) is 0 Å². The minimum Gasteiger partial charge on any atom is -0.289 e. The maximum atomic E-state index is 12.5. The predicted octanol–water partition coefficient (Wildman–Crippen LogP) is 4.44. The molecule has 0 saturated heterocycles. The molecule has 0 amide bonds. The highest BCUT2D eigenvalue weighted by Gasteiger charge is 2.27. The number of hydrogen-bond acceptors (Lipinski definition) is 1. The highest BCUT2D eigenvalue weighted by atomic mass is 35.5. The van der Waals surface area contributed by atoms with E-state index in [9.17, 15) is 4.79 Å². The smallest absolute Gasteiger partial charge is 0.195 e. The SMILES string of the molecule is Cc1cc(Cl)c(Cl)c2c1Cc1ccccc1C2=O. The number of benzene rings is 2. The van der Waals surface area contributed by atoms with Gasteiger partial charge in [-0.1, -0.05) is 47.5 Å². The fraction of sp³-hybridized carbons (Fsp3) is 0.133. The van der Waals surface area contributed by atoms with Gasteiger partial charge in [0.25, 0.3) is 0 Å². The molecule has 3 rings (SSSR count). The van der Waals surface area contributed by atoms with Gasteiger partial charge in [0.1, 0.15) is 0 Å². The van der Waals surface area contributed by atoms with Gasteiger partial charge in [-0.15, -0.1) is 0 Å². The first-order valence-corrected chi connectivity index (χ1v) is 6.45. The molecule has 0 radical (unpaired) electrons. The Labute approximate surface area is 115 Å². The molecule has 0 spiro atoms. The average molecular weight is 277 g/mol. The van der Waals surface area contributed by atoms with Crippen LogP contribution in [0.4, 0.5) is 0 Å². The van der Waals surface area contributed by atoms with Crippen LogP contribution in [0.25, 0.3) is 0 Å².